The lowest BCUT2D eigenvalue weighted by atomic mass is 9.94. The fourth-order valence-corrected chi connectivity index (χ4v) is 7.08. The van der Waals surface area contributed by atoms with Gasteiger partial charge >= 0.3 is 13.7 Å². The zero-order chi connectivity index (χ0) is 33.4. The summed E-state index contributed by atoms with van der Waals surface area (Å²) >= 11 is 0. The molecule has 262 valence electrons. The van der Waals surface area contributed by atoms with Crippen molar-refractivity contribution in [2.24, 2.45) is 29.4 Å². The molecule has 1 aromatic rings. The summed E-state index contributed by atoms with van der Waals surface area (Å²) in [5.74, 6) is 1.75. The van der Waals surface area contributed by atoms with Gasteiger partial charge in [0.2, 0.25) is 5.91 Å². The summed E-state index contributed by atoms with van der Waals surface area (Å²) in [7, 11) is -3.40. The van der Waals surface area contributed by atoms with Crippen molar-refractivity contribution in [1.29, 1.82) is 0 Å². The fourth-order valence-electron chi connectivity index (χ4n) is 6.62. The standard InChI is InChI=1S/C32H57N6O7P/c1-3-24(30(39)22-33)12-6-9-18-34-31(40)13-7-10-20-38-29-17-15-26-25(14-16-28(29)36-37-38)27(26)23-44-32(41)35-19-8-4-5-11-21-45-46(2,42)43/h24-27H,3-23,33H2,1-2H3,(H,34,40)(H,35,41)(H,42,43)/t24?,25-,26+,27-/m1/s1. The van der Waals surface area contributed by atoms with Gasteiger partial charge in [-0.05, 0) is 88.4 Å². The van der Waals surface area contributed by atoms with Gasteiger partial charge in [0, 0.05) is 38.6 Å². The molecule has 3 rings (SSSR count). The Morgan fingerprint density at radius 3 is 2.48 bits per heavy atom. The summed E-state index contributed by atoms with van der Waals surface area (Å²) in [5, 5.41) is 14.7. The number of fused-ring (bicyclic) bond motifs is 2. The highest BCUT2D eigenvalue weighted by molar-refractivity contribution is 7.51. The van der Waals surface area contributed by atoms with Crippen LogP contribution >= 0.6 is 7.60 Å². The van der Waals surface area contributed by atoms with Crippen LogP contribution in [0.1, 0.15) is 102 Å². The van der Waals surface area contributed by atoms with E-state index in [1.54, 1.807) is 0 Å². The first-order valence-electron chi connectivity index (χ1n) is 17.4. The Hall–Kier alpha value is -2.34. The number of ketones is 1. The number of nitrogens with two attached hydrogens (primary N) is 1. The second kappa shape index (κ2) is 20.1. The van der Waals surface area contributed by atoms with Crippen LogP contribution in [-0.4, -0.2) is 77.2 Å². The molecule has 1 aromatic heterocycles. The first-order chi connectivity index (χ1) is 22.1. The maximum Gasteiger partial charge on any atom is 0.407 e. The molecule has 0 saturated heterocycles. The van der Waals surface area contributed by atoms with Crippen LogP contribution in [0.2, 0.25) is 0 Å². The topological polar surface area (TPSA) is 188 Å². The number of hydrogen-bond acceptors (Lipinski definition) is 9. The quantitative estimate of drug-likeness (QED) is 0.0975. The van der Waals surface area contributed by atoms with Gasteiger partial charge in [0.1, 0.15) is 5.78 Å². The number of Topliss-reactive ketones (excluding diaryl/α,β-unsaturated/α-hetero) is 1. The average molecular weight is 669 g/mol. The lowest BCUT2D eigenvalue weighted by molar-refractivity contribution is -0.122. The molecule has 1 saturated carbocycles. The van der Waals surface area contributed by atoms with Gasteiger partial charge < -0.3 is 30.5 Å². The van der Waals surface area contributed by atoms with Crippen molar-refractivity contribution < 1.29 is 33.1 Å². The summed E-state index contributed by atoms with van der Waals surface area (Å²) in [6, 6.07) is 0. The van der Waals surface area contributed by atoms with Crippen LogP contribution < -0.4 is 16.4 Å². The normalized spacial score (nSPS) is 20.7. The van der Waals surface area contributed by atoms with E-state index in [0.717, 1.165) is 95.7 Å². The highest BCUT2D eigenvalue weighted by atomic mass is 31.2. The third-order valence-corrected chi connectivity index (χ3v) is 10.1. The minimum atomic E-state index is -3.40. The number of unbranched alkanes of at least 4 members (excludes halogenated alkanes) is 5. The molecular formula is C32H57N6O7P. The molecule has 0 radical (unpaired) electrons. The number of nitrogens with one attached hydrogen (secondary N) is 2. The second-order valence-electron chi connectivity index (χ2n) is 12.9. The molecule has 5 N–H and O–H groups in total. The predicted molar refractivity (Wildman–Crippen MR) is 175 cm³/mol. The molecule has 2 aliphatic rings. The number of amides is 2. The lowest BCUT2D eigenvalue weighted by Crippen LogP contribution is -2.26. The summed E-state index contributed by atoms with van der Waals surface area (Å²) in [5.41, 5.74) is 7.76. The molecule has 0 spiro atoms. The molecular weight excluding hydrogens is 611 g/mol. The van der Waals surface area contributed by atoms with E-state index in [1.807, 2.05) is 11.6 Å². The van der Waals surface area contributed by atoms with E-state index in [1.165, 1.54) is 12.4 Å². The van der Waals surface area contributed by atoms with Crippen molar-refractivity contribution in [3.8, 4) is 0 Å². The van der Waals surface area contributed by atoms with Crippen LogP contribution in [0.3, 0.4) is 0 Å². The van der Waals surface area contributed by atoms with Crippen molar-refractivity contribution in [2.75, 3.05) is 39.5 Å². The number of nitrogens with zero attached hydrogens (tertiary/aromatic N) is 3. The van der Waals surface area contributed by atoms with Gasteiger partial charge in [0.15, 0.2) is 0 Å². The Kier molecular flexibility index (Phi) is 16.7. The maximum atomic E-state index is 12.3. The first-order valence-corrected chi connectivity index (χ1v) is 19.4. The Morgan fingerprint density at radius 1 is 1.02 bits per heavy atom. The van der Waals surface area contributed by atoms with Crippen LogP contribution in [0.25, 0.3) is 0 Å². The number of carbonyl (C=O) groups excluding carboxylic acids is 3. The van der Waals surface area contributed by atoms with Gasteiger partial charge in [-0.3, -0.25) is 14.2 Å². The molecule has 0 bridgehead atoms. The first kappa shape index (κ1) is 38.1. The molecule has 1 heterocycles. The van der Waals surface area contributed by atoms with Crippen molar-refractivity contribution in [3.63, 3.8) is 0 Å². The van der Waals surface area contributed by atoms with E-state index in [9.17, 15) is 18.9 Å². The average Bonchev–Trinajstić information content (AvgIpc) is 3.53. The van der Waals surface area contributed by atoms with Gasteiger partial charge in [0.25, 0.3) is 0 Å². The van der Waals surface area contributed by atoms with Crippen LogP contribution in [0, 0.1) is 23.7 Å². The van der Waals surface area contributed by atoms with E-state index < -0.39 is 7.60 Å². The van der Waals surface area contributed by atoms with E-state index in [2.05, 4.69) is 20.9 Å². The third-order valence-electron chi connectivity index (χ3n) is 9.41. The van der Waals surface area contributed by atoms with Gasteiger partial charge in [-0.25, -0.2) is 9.48 Å². The van der Waals surface area contributed by atoms with Gasteiger partial charge in [-0.2, -0.15) is 0 Å². The van der Waals surface area contributed by atoms with E-state index in [-0.39, 0.29) is 36.9 Å². The Labute approximate surface area is 274 Å². The maximum absolute atomic E-state index is 12.3. The van der Waals surface area contributed by atoms with Crippen molar-refractivity contribution >= 4 is 25.4 Å². The molecule has 2 aliphatic carbocycles. The number of carbonyl (C=O) groups is 3. The van der Waals surface area contributed by atoms with Crippen LogP contribution in [-0.2, 0) is 42.8 Å². The zero-order valence-corrected chi connectivity index (χ0v) is 28.8. The minimum absolute atomic E-state index is 0.0382. The van der Waals surface area contributed by atoms with Gasteiger partial charge in [-0.15, -0.1) is 5.10 Å². The summed E-state index contributed by atoms with van der Waals surface area (Å²) in [6.45, 7) is 5.95. The lowest BCUT2D eigenvalue weighted by Gasteiger charge is -2.12. The summed E-state index contributed by atoms with van der Waals surface area (Å²) in [6.07, 6.45) is 12.4. The monoisotopic (exact) mass is 668 g/mol. The second-order valence-corrected chi connectivity index (χ2v) is 14.8. The number of hydrogen-bond donors (Lipinski definition) is 4. The number of aryl methyl sites for hydroxylation is 2. The smallest absolute Gasteiger partial charge is 0.407 e. The highest BCUT2D eigenvalue weighted by Gasteiger charge is 2.50. The summed E-state index contributed by atoms with van der Waals surface area (Å²) in [4.78, 5) is 45.3. The molecule has 0 aliphatic heterocycles. The summed E-state index contributed by atoms with van der Waals surface area (Å²) < 4.78 is 23.5. The van der Waals surface area contributed by atoms with E-state index in [4.69, 9.17) is 19.9 Å². The van der Waals surface area contributed by atoms with E-state index in [0.29, 0.717) is 50.3 Å². The molecule has 2 amide bonds. The zero-order valence-electron chi connectivity index (χ0n) is 27.9. The van der Waals surface area contributed by atoms with Crippen LogP contribution in [0.5, 0.6) is 0 Å². The number of ether oxygens (including phenoxy) is 1. The third kappa shape index (κ3) is 13.8. The molecule has 14 heteroatoms. The number of alkyl carbamates (subject to hydrolysis) is 1. The molecule has 13 nitrogen and oxygen atoms in total. The van der Waals surface area contributed by atoms with Crippen molar-refractivity contribution in [3.05, 3.63) is 11.4 Å². The van der Waals surface area contributed by atoms with Gasteiger partial charge in [-0.1, -0.05) is 31.4 Å². The van der Waals surface area contributed by atoms with Gasteiger partial charge in [0.05, 0.1) is 31.1 Å². The van der Waals surface area contributed by atoms with E-state index >= 15 is 0 Å². The Morgan fingerprint density at radius 2 is 1.74 bits per heavy atom. The molecule has 0 aromatic carbocycles. The minimum Gasteiger partial charge on any atom is -0.449 e. The van der Waals surface area contributed by atoms with Crippen molar-refractivity contribution in [1.82, 2.24) is 25.6 Å². The molecule has 2 unspecified atom stereocenters. The highest BCUT2D eigenvalue weighted by Crippen LogP contribution is 2.52. The Bertz CT molecular complexity index is 1140. The predicted octanol–water partition coefficient (Wildman–Crippen LogP) is 4.15. The molecule has 5 atom stereocenters. The Balaban J connectivity index is 1.23. The molecule has 46 heavy (non-hydrogen) atoms. The number of aromatic nitrogens is 3. The van der Waals surface area contributed by atoms with Crippen LogP contribution in [0.15, 0.2) is 0 Å². The SMILES string of the molecule is CCC(CCCCNC(=O)CCCCn1nnc2c1CC[C@H]1[C@@H](CC2)[C@H]1COC(=O)NCCCCCCOP(C)(=O)O)C(=O)CN. The van der Waals surface area contributed by atoms with Crippen molar-refractivity contribution in [2.45, 2.75) is 110 Å². The largest absolute Gasteiger partial charge is 0.449 e. The fraction of sp³-hybridized carbons (Fsp3) is 0.844. The number of rotatable bonds is 23. The van der Waals surface area contributed by atoms with Crippen LogP contribution in [0.4, 0.5) is 4.79 Å². The molecule has 1 fully saturated rings.